The summed E-state index contributed by atoms with van der Waals surface area (Å²) in [5.41, 5.74) is 1.81. The highest BCUT2D eigenvalue weighted by molar-refractivity contribution is 6.31. The van der Waals surface area contributed by atoms with E-state index in [0.29, 0.717) is 11.4 Å². The van der Waals surface area contributed by atoms with Crippen molar-refractivity contribution < 1.29 is 9.90 Å². The number of hydrogen-bond acceptors (Lipinski definition) is 3. The van der Waals surface area contributed by atoms with Gasteiger partial charge in [-0.25, -0.2) is 4.98 Å². The van der Waals surface area contributed by atoms with Gasteiger partial charge in [-0.1, -0.05) is 11.6 Å². The molecular weight excluding hydrogens is 278 g/mol. The van der Waals surface area contributed by atoms with Crippen molar-refractivity contribution in [1.29, 1.82) is 0 Å². The maximum atomic E-state index is 10.8. The summed E-state index contributed by atoms with van der Waals surface area (Å²) in [5, 5.41) is 9.47. The molecule has 1 aromatic carbocycles. The highest BCUT2D eigenvalue weighted by atomic mass is 35.5. The minimum atomic E-state index is -0.811. The molecule has 0 saturated carbocycles. The molecule has 0 aliphatic rings. The number of rotatable bonds is 6. The number of nitrogens with zero attached hydrogens (tertiary/aromatic N) is 3. The predicted molar refractivity (Wildman–Crippen MR) is 79.3 cm³/mol. The zero-order chi connectivity index (χ0) is 14.7. The molecule has 0 radical (unpaired) electrons. The van der Waals surface area contributed by atoms with Crippen LogP contribution in [0, 0.1) is 0 Å². The Balaban J connectivity index is 2.36. The first-order chi connectivity index (χ1) is 9.47. The molecule has 20 heavy (non-hydrogen) atoms. The molecule has 108 valence electrons. The highest BCUT2D eigenvalue weighted by Gasteiger charge is 2.12. The van der Waals surface area contributed by atoms with Crippen LogP contribution in [0.4, 0.5) is 0 Å². The molecular formula is C14H18ClN3O2. The second-order valence-corrected chi connectivity index (χ2v) is 5.45. The third kappa shape index (κ3) is 3.49. The Morgan fingerprint density at radius 3 is 2.85 bits per heavy atom. The van der Waals surface area contributed by atoms with E-state index in [1.54, 1.807) is 0 Å². The van der Waals surface area contributed by atoms with Gasteiger partial charge in [0.15, 0.2) is 0 Å². The van der Waals surface area contributed by atoms with Crippen molar-refractivity contribution in [2.75, 3.05) is 20.6 Å². The maximum absolute atomic E-state index is 10.8. The van der Waals surface area contributed by atoms with Gasteiger partial charge in [-0.2, -0.15) is 0 Å². The molecule has 0 atom stereocenters. The van der Waals surface area contributed by atoms with Crippen LogP contribution in [-0.2, 0) is 17.8 Å². The van der Waals surface area contributed by atoms with Gasteiger partial charge < -0.3 is 14.6 Å². The molecule has 0 aliphatic carbocycles. The Labute approximate surface area is 122 Å². The lowest BCUT2D eigenvalue weighted by Gasteiger charge is -2.13. The van der Waals surface area contributed by atoms with Crippen LogP contribution in [0.25, 0.3) is 11.0 Å². The number of fused-ring (bicyclic) bond motifs is 1. The van der Waals surface area contributed by atoms with E-state index in [1.165, 1.54) is 0 Å². The van der Waals surface area contributed by atoms with Crippen molar-refractivity contribution in [2.24, 2.45) is 0 Å². The van der Waals surface area contributed by atoms with Gasteiger partial charge in [0.25, 0.3) is 0 Å². The van der Waals surface area contributed by atoms with Crippen molar-refractivity contribution >= 4 is 28.6 Å². The molecule has 0 bridgehead atoms. The Bertz CT molecular complexity index is 622. The SMILES string of the molecule is CN(C)CCn1c(CCC(=O)O)nc2cc(Cl)ccc21. The third-order valence-corrected chi connectivity index (χ3v) is 3.36. The molecule has 1 aromatic heterocycles. The number of aryl methyl sites for hydroxylation is 1. The Morgan fingerprint density at radius 1 is 1.45 bits per heavy atom. The number of halogens is 1. The van der Waals surface area contributed by atoms with Crippen LogP contribution >= 0.6 is 11.6 Å². The lowest BCUT2D eigenvalue weighted by molar-refractivity contribution is -0.137. The average molecular weight is 296 g/mol. The lowest BCUT2D eigenvalue weighted by atomic mass is 10.3. The van der Waals surface area contributed by atoms with Gasteiger partial charge in [0.05, 0.1) is 17.5 Å². The standard InChI is InChI=1S/C14H18ClN3O2/c1-17(2)7-8-18-12-4-3-10(15)9-11(12)16-13(18)5-6-14(19)20/h3-4,9H,5-8H2,1-2H3,(H,19,20). The number of carbonyl (C=O) groups is 1. The second-order valence-electron chi connectivity index (χ2n) is 5.01. The Morgan fingerprint density at radius 2 is 2.20 bits per heavy atom. The quantitative estimate of drug-likeness (QED) is 0.888. The number of likely N-dealkylation sites (N-methyl/N-ethyl adjacent to an activating group) is 1. The van der Waals surface area contributed by atoms with Gasteiger partial charge in [-0.15, -0.1) is 0 Å². The van der Waals surface area contributed by atoms with Gasteiger partial charge in [0, 0.05) is 24.5 Å². The summed E-state index contributed by atoms with van der Waals surface area (Å²) in [6.45, 7) is 1.65. The van der Waals surface area contributed by atoms with E-state index in [0.717, 1.165) is 29.9 Å². The predicted octanol–water partition coefficient (Wildman–Crippen LogP) is 2.27. The number of aliphatic carboxylic acids is 1. The summed E-state index contributed by atoms with van der Waals surface area (Å²) in [7, 11) is 4.01. The molecule has 0 saturated heterocycles. The number of aromatic nitrogens is 2. The van der Waals surface area contributed by atoms with Crippen LogP contribution in [0.2, 0.25) is 5.02 Å². The number of imidazole rings is 1. The van der Waals surface area contributed by atoms with E-state index < -0.39 is 5.97 Å². The normalized spacial score (nSPS) is 11.4. The molecule has 6 heteroatoms. The lowest BCUT2D eigenvalue weighted by Crippen LogP contribution is -2.19. The number of carboxylic acids is 1. The van der Waals surface area contributed by atoms with Gasteiger partial charge in [-0.05, 0) is 32.3 Å². The first kappa shape index (κ1) is 14.8. The van der Waals surface area contributed by atoms with Crippen LogP contribution in [0.1, 0.15) is 12.2 Å². The van der Waals surface area contributed by atoms with Crippen molar-refractivity contribution in [3.8, 4) is 0 Å². The molecule has 0 unspecified atom stereocenters. The van der Waals surface area contributed by atoms with Crippen molar-refractivity contribution in [2.45, 2.75) is 19.4 Å². The maximum Gasteiger partial charge on any atom is 0.303 e. The van der Waals surface area contributed by atoms with Gasteiger partial charge in [0.2, 0.25) is 0 Å². The minimum Gasteiger partial charge on any atom is -0.481 e. The number of carboxylic acid groups (broad SMARTS) is 1. The van der Waals surface area contributed by atoms with Gasteiger partial charge in [0.1, 0.15) is 5.82 Å². The second kappa shape index (κ2) is 6.24. The van der Waals surface area contributed by atoms with Gasteiger partial charge >= 0.3 is 5.97 Å². The summed E-state index contributed by atoms with van der Waals surface area (Å²) in [6.07, 6.45) is 0.508. The van der Waals surface area contributed by atoms with E-state index in [-0.39, 0.29) is 6.42 Å². The third-order valence-electron chi connectivity index (χ3n) is 3.12. The number of hydrogen-bond donors (Lipinski definition) is 1. The first-order valence-electron chi connectivity index (χ1n) is 6.48. The molecule has 2 rings (SSSR count). The first-order valence-corrected chi connectivity index (χ1v) is 6.86. The van der Waals surface area contributed by atoms with E-state index in [9.17, 15) is 4.79 Å². The smallest absolute Gasteiger partial charge is 0.303 e. The zero-order valence-electron chi connectivity index (χ0n) is 11.6. The Hall–Kier alpha value is -1.59. The summed E-state index contributed by atoms with van der Waals surface area (Å²) >= 11 is 5.98. The van der Waals surface area contributed by atoms with Gasteiger partial charge in [-0.3, -0.25) is 4.79 Å². The molecule has 0 aliphatic heterocycles. The fraction of sp³-hybridized carbons (Fsp3) is 0.429. The molecule has 1 heterocycles. The van der Waals surface area contributed by atoms with E-state index in [1.807, 2.05) is 32.3 Å². The molecule has 0 spiro atoms. The topological polar surface area (TPSA) is 58.4 Å². The van der Waals surface area contributed by atoms with Crippen LogP contribution in [0.3, 0.4) is 0 Å². The monoisotopic (exact) mass is 295 g/mol. The van der Waals surface area contributed by atoms with E-state index in [4.69, 9.17) is 16.7 Å². The summed E-state index contributed by atoms with van der Waals surface area (Å²) < 4.78 is 2.08. The largest absolute Gasteiger partial charge is 0.481 e. The van der Waals surface area contributed by atoms with E-state index in [2.05, 4.69) is 14.5 Å². The fourth-order valence-electron chi connectivity index (χ4n) is 2.11. The summed E-state index contributed by atoms with van der Waals surface area (Å²) in [5.74, 6) is -0.0132. The fourth-order valence-corrected chi connectivity index (χ4v) is 2.28. The van der Waals surface area contributed by atoms with Crippen LogP contribution in [0.5, 0.6) is 0 Å². The van der Waals surface area contributed by atoms with E-state index >= 15 is 0 Å². The molecule has 2 aromatic rings. The zero-order valence-corrected chi connectivity index (χ0v) is 12.4. The van der Waals surface area contributed by atoms with Crippen LogP contribution < -0.4 is 0 Å². The minimum absolute atomic E-state index is 0.0824. The molecule has 0 fully saturated rings. The average Bonchev–Trinajstić information content (AvgIpc) is 2.70. The van der Waals surface area contributed by atoms with Crippen molar-refractivity contribution in [3.63, 3.8) is 0 Å². The molecule has 1 N–H and O–H groups in total. The number of benzene rings is 1. The summed E-state index contributed by atoms with van der Waals surface area (Å²) in [6, 6.07) is 5.58. The summed E-state index contributed by atoms with van der Waals surface area (Å²) in [4.78, 5) is 17.4. The van der Waals surface area contributed by atoms with Crippen molar-refractivity contribution in [3.05, 3.63) is 29.0 Å². The molecule has 5 nitrogen and oxygen atoms in total. The van der Waals surface area contributed by atoms with Crippen LogP contribution in [-0.4, -0.2) is 46.2 Å². The van der Waals surface area contributed by atoms with Crippen molar-refractivity contribution in [1.82, 2.24) is 14.5 Å². The molecule has 0 amide bonds. The highest BCUT2D eigenvalue weighted by Crippen LogP contribution is 2.21. The Kier molecular flexibility index (Phi) is 4.62. The van der Waals surface area contributed by atoms with Crippen LogP contribution in [0.15, 0.2) is 18.2 Å².